The fraction of sp³-hybridized carbons (Fsp3) is 0.545. The number of carbonyl (C=O) groups excluding carboxylic acids is 2. The van der Waals surface area contributed by atoms with E-state index in [1.54, 1.807) is 12.1 Å². The van der Waals surface area contributed by atoms with Gasteiger partial charge in [-0.1, -0.05) is 0 Å². The standard InChI is InChI=1S/C22H29N5O3/c1-14-13-18(23-15(2)28)3-5-19(14)22(29)24-17-4-6-20-25-26-21(27(20)10-7-17)16-8-11-30-12-9-16/h3,5,13,16-17H,4,6-12H2,1-2H3,(H,23,28)(H,24,29). The van der Waals surface area contributed by atoms with Gasteiger partial charge in [-0.2, -0.15) is 0 Å². The number of carbonyl (C=O) groups is 2. The normalized spacial score (nSPS) is 19.6. The van der Waals surface area contributed by atoms with Gasteiger partial charge in [-0.15, -0.1) is 10.2 Å². The smallest absolute Gasteiger partial charge is 0.251 e. The van der Waals surface area contributed by atoms with Crippen LogP contribution in [0.3, 0.4) is 0 Å². The van der Waals surface area contributed by atoms with Gasteiger partial charge in [0.15, 0.2) is 0 Å². The van der Waals surface area contributed by atoms with E-state index in [1.165, 1.54) is 6.92 Å². The minimum atomic E-state index is -0.128. The molecule has 1 atom stereocenters. The lowest BCUT2D eigenvalue weighted by molar-refractivity contribution is -0.114. The average Bonchev–Trinajstić information content (AvgIpc) is 3.03. The Balaban J connectivity index is 1.40. The Morgan fingerprint density at radius 2 is 1.93 bits per heavy atom. The monoisotopic (exact) mass is 411 g/mol. The van der Waals surface area contributed by atoms with Crippen LogP contribution in [0.15, 0.2) is 18.2 Å². The van der Waals surface area contributed by atoms with Crippen LogP contribution in [0, 0.1) is 6.92 Å². The topological polar surface area (TPSA) is 98.1 Å². The molecule has 8 heteroatoms. The lowest BCUT2D eigenvalue weighted by Crippen LogP contribution is -2.35. The molecule has 0 spiro atoms. The number of nitrogens with one attached hydrogen (secondary N) is 2. The van der Waals surface area contributed by atoms with E-state index in [-0.39, 0.29) is 17.9 Å². The third-order valence-electron chi connectivity index (χ3n) is 5.99. The van der Waals surface area contributed by atoms with Crippen molar-refractivity contribution >= 4 is 17.5 Å². The Morgan fingerprint density at radius 1 is 1.13 bits per heavy atom. The molecule has 0 aliphatic carbocycles. The van der Waals surface area contributed by atoms with Crippen LogP contribution in [-0.2, 0) is 22.5 Å². The van der Waals surface area contributed by atoms with E-state index in [1.807, 2.05) is 13.0 Å². The van der Waals surface area contributed by atoms with Gasteiger partial charge in [-0.3, -0.25) is 9.59 Å². The summed E-state index contributed by atoms with van der Waals surface area (Å²) in [5, 5.41) is 14.9. The summed E-state index contributed by atoms with van der Waals surface area (Å²) in [4.78, 5) is 24.1. The third kappa shape index (κ3) is 4.53. The highest BCUT2D eigenvalue weighted by atomic mass is 16.5. The van der Waals surface area contributed by atoms with Crippen LogP contribution in [0.4, 0.5) is 5.69 Å². The molecular formula is C22H29N5O3. The number of anilines is 1. The fourth-order valence-electron chi connectivity index (χ4n) is 4.38. The number of nitrogens with zero attached hydrogens (tertiary/aromatic N) is 3. The second-order valence-corrected chi connectivity index (χ2v) is 8.22. The van der Waals surface area contributed by atoms with E-state index >= 15 is 0 Å². The summed E-state index contributed by atoms with van der Waals surface area (Å²) < 4.78 is 7.74. The molecule has 1 saturated heterocycles. The number of ether oxygens (including phenoxy) is 1. The summed E-state index contributed by atoms with van der Waals surface area (Å²) in [5.74, 6) is 2.30. The Labute approximate surface area is 176 Å². The van der Waals surface area contributed by atoms with Gasteiger partial charge in [0.25, 0.3) is 5.91 Å². The van der Waals surface area contributed by atoms with Gasteiger partial charge in [0.2, 0.25) is 5.91 Å². The van der Waals surface area contributed by atoms with Crippen LogP contribution in [-0.4, -0.2) is 45.8 Å². The summed E-state index contributed by atoms with van der Waals surface area (Å²) in [5.41, 5.74) is 2.17. The average molecular weight is 412 g/mol. The molecule has 2 aliphatic heterocycles. The Morgan fingerprint density at radius 3 is 2.67 bits per heavy atom. The Bertz CT molecular complexity index is 933. The molecule has 2 aliphatic rings. The number of aryl methyl sites for hydroxylation is 2. The van der Waals surface area contributed by atoms with E-state index in [9.17, 15) is 9.59 Å². The van der Waals surface area contributed by atoms with Crippen molar-refractivity contribution in [3.05, 3.63) is 41.0 Å². The highest BCUT2D eigenvalue weighted by molar-refractivity contribution is 5.97. The van der Waals surface area contributed by atoms with Crippen LogP contribution in [0.2, 0.25) is 0 Å². The van der Waals surface area contributed by atoms with Crippen LogP contribution in [0.5, 0.6) is 0 Å². The molecule has 2 aromatic rings. The lowest BCUT2D eigenvalue weighted by Gasteiger charge is -2.22. The largest absolute Gasteiger partial charge is 0.381 e. The van der Waals surface area contributed by atoms with Gasteiger partial charge in [-0.25, -0.2) is 0 Å². The Hall–Kier alpha value is -2.74. The van der Waals surface area contributed by atoms with E-state index < -0.39 is 0 Å². The fourth-order valence-corrected chi connectivity index (χ4v) is 4.38. The van der Waals surface area contributed by atoms with Gasteiger partial charge in [0.1, 0.15) is 11.6 Å². The van der Waals surface area contributed by atoms with Crippen molar-refractivity contribution in [2.45, 2.75) is 64.5 Å². The molecule has 0 radical (unpaired) electrons. The van der Waals surface area contributed by atoms with Gasteiger partial charge in [0.05, 0.1) is 0 Å². The zero-order valence-electron chi connectivity index (χ0n) is 17.6. The first-order valence-electron chi connectivity index (χ1n) is 10.7. The molecule has 2 N–H and O–H groups in total. The SMILES string of the molecule is CC(=O)Nc1ccc(C(=O)NC2CCc3nnc(C4CCOCC4)n3CC2)c(C)c1. The first-order valence-corrected chi connectivity index (χ1v) is 10.7. The minimum Gasteiger partial charge on any atom is -0.381 e. The number of hydrogen-bond donors (Lipinski definition) is 2. The summed E-state index contributed by atoms with van der Waals surface area (Å²) in [6.07, 6.45) is 4.50. The molecular weight excluding hydrogens is 382 g/mol. The van der Waals surface area contributed by atoms with Crippen LogP contribution in [0.1, 0.15) is 66.1 Å². The van der Waals surface area contributed by atoms with Crippen molar-refractivity contribution in [1.29, 1.82) is 0 Å². The first kappa shape index (κ1) is 20.5. The highest BCUT2D eigenvalue weighted by Gasteiger charge is 2.27. The summed E-state index contributed by atoms with van der Waals surface area (Å²) in [6, 6.07) is 5.45. The predicted octanol–water partition coefficient (Wildman–Crippen LogP) is 2.57. The van der Waals surface area contributed by atoms with E-state index in [2.05, 4.69) is 25.4 Å². The van der Waals surface area contributed by atoms with Crippen molar-refractivity contribution in [2.75, 3.05) is 18.5 Å². The number of rotatable bonds is 4. The summed E-state index contributed by atoms with van der Waals surface area (Å²) in [7, 11) is 0. The maximum absolute atomic E-state index is 12.9. The van der Waals surface area contributed by atoms with E-state index in [4.69, 9.17) is 4.74 Å². The van der Waals surface area contributed by atoms with Crippen LogP contribution >= 0.6 is 0 Å². The van der Waals surface area contributed by atoms with Gasteiger partial charge in [0, 0.05) is 56.3 Å². The maximum atomic E-state index is 12.9. The molecule has 0 saturated carbocycles. The second-order valence-electron chi connectivity index (χ2n) is 8.22. The predicted molar refractivity (Wildman–Crippen MR) is 112 cm³/mol. The van der Waals surface area contributed by atoms with Crippen molar-refractivity contribution in [3.63, 3.8) is 0 Å². The van der Waals surface area contributed by atoms with Crippen LogP contribution < -0.4 is 10.6 Å². The quantitative estimate of drug-likeness (QED) is 0.806. The summed E-state index contributed by atoms with van der Waals surface area (Å²) in [6.45, 7) is 5.74. The number of aromatic nitrogens is 3. The zero-order valence-corrected chi connectivity index (χ0v) is 17.6. The number of fused-ring (bicyclic) bond motifs is 1. The second kappa shape index (κ2) is 8.95. The van der Waals surface area contributed by atoms with Gasteiger partial charge in [-0.05, 0) is 56.4 Å². The third-order valence-corrected chi connectivity index (χ3v) is 5.99. The van der Waals surface area contributed by atoms with Crippen molar-refractivity contribution in [2.24, 2.45) is 0 Å². The molecule has 2 amide bonds. The van der Waals surface area contributed by atoms with Gasteiger partial charge >= 0.3 is 0 Å². The zero-order chi connectivity index (χ0) is 21.1. The highest BCUT2D eigenvalue weighted by Crippen LogP contribution is 2.28. The summed E-state index contributed by atoms with van der Waals surface area (Å²) >= 11 is 0. The molecule has 1 unspecified atom stereocenters. The number of hydrogen-bond acceptors (Lipinski definition) is 5. The van der Waals surface area contributed by atoms with E-state index in [0.29, 0.717) is 17.2 Å². The molecule has 1 aromatic carbocycles. The Kier molecular flexibility index (Phi) is 6.13. The van der Waals surface area contributed by atoms with Crippen molar-refractivity contribution < 1.29 is 14.3 Å². The first-order chi connectivity index (χ1) is 14.5. The lowest BCUT2D eigenvalue weighted by atomic mass is 9.99. The minimum absolute atomic E-state index is 0.0748. The molecule has 1 aromatic heterocycles. The number of benzene rings is 1. The molecule has 30 heavy (non-hydrogen) atoms. The molecule has 1 fully saturated rings. The van der Waals surface area contributed by atoms with E-state index in [0.717, 1.165) is 69.1 Å². The number of amides is 2. The molecule has 160 valence electrons. The maximum Gasteiger partial charge on any atom is 0.251 e. The van der Waals surface area contributed by atoms with Gasteiger partial charge < -0.3 is 19.9 Å². The molecule has 0 bridgehead atoms. The molecule has 3 heterocycles. The van der Waals surface area contributed by atoms with Crippen LogP contribution in [0.25, 0.3) is 0 Å². The molecule has 8 nitrogen and oxygen atoms in total. The van der Waals surface area contributed by atoms with Crippen molar-refractivity contribution in [1.82, 2.24) is 20.1 Å². The molecule has 4 rings (SSSR count). The van der Waals surface area contributed by atoms with Crippen molar-refractivity contribution in [3.8, 4) is 0 Å².